The van der Waals surface area contributed by atoms with Crippen LogP contribution in [0.4, 0.5) is 10.1 Å². The Balaban J connectivity index is 1.60. The molecule has 1 atom stereocenters. The highest BCUT2D eigenvalue weighted by atomic mass is 32.2. The molecule has 25 heavy (non-hydrogen) atoms. The van der Waals surface area contributed by atoms with Gasteiger partial charge in [0.1, 0.15) is 12.4 Å². The van der Waals surface area contributed by atoms with Crippen molar-refractivity contribution >= 4 is 29.3 Å². The van der Waals surface area contributed by atoms with Crippen molar-refractivity contribution in [1.29, 1.82) is 0 Å². The van der Waals surface area contributed by atoms with Crippen molar-refractivity contribution in [3.8, 4) is 0 Å². The van der Waals surface area contributed by atoms with Gasteiger partial charge < -0.3 is 15.3 Å². The van der Waals surface area contributed by atoms with E-state index in [0.29, 0.717) is 11.3 Å². The van der Waals surface area contributed by atoms with E-state index in [0.717, 1.165) is 4.90 Å². The Morgan fingerprint density at radius 3 is 2.88 bits per heavy atom. The molecule has 1 heterocycles. The van der Waals surface area contributed by atoms with Gasteiger partial charge in [-0.3, -0.25) is 9.59 Å². The smallest absolute Gasteiger partial charge is 0.240 e. The monoisotopic (exact) mass is 360 g/mol. The third-order valence-electron chi connectivity index (χ3n) is 3.84. The van der Waals surface area contributed by atoms with Crippen LogP contribution in [0.3, 0.4) is 0 Å². The molecule has 0 aliphatic carbocycles. The van der Waals surface area contributed by atoms with E-state index in [4.69, 9.17) is 0 Å². The minimum absolute atomic E-state index is 0.0548. The first-order valence-corrected chi connectivity index (χ1v) is 8.75. The number of benzene rings is 2. The van der Waals surface area contributed by atoms with Gasteiger partial charge in [-0.25, -0.2) is 4.39 Å². The molecule has 130 valence electrons. The molecule has 2 aromatic carbocycles. The Morgan fingerprint density at radius 1 is 1.28 bits per heavy atom. The lowest BCUT2D eigenvalue weighted by molar-refractivity contribution is -0.123. The summed E-state index contributed by atoms with van der Waals surface area (Å²) in [6, 6.07) is 13.0. The summed E-state index contributed by atoms with van der Waals surface area (Å²) in [6.45, 7) is -0.174. The number of carbonyl (C=O) groups excluding carboxylic acids is 2. The average molecular weight is 360 g/mol. The van der Waals surface area contributed by atoms with Crippen LogP contribution in [-0.4, -0.2) is 35.8 Å². The molecule has 0 aromatic heterocycles. The fourth-order valence-corrected chi connectivity index (χ4v) is 3.50. The fraction of sp³-hybridized carbons (Fsp3) is 0.222. The van der Waals surface area contributed by atoms with Crippen LogP contribution in [0, 0.1) is 5.82 Å². The zero-order valence-electron chi connectivity index (χ0n) is 13.3. The first kappa shape index (κ1) is 17.4. The van der Waals surface area contributed by atoms with Crippen LogP contribution < -0.4 is 10.2 Å². The SMILES string of the molecule is O=C(CN1C(=O)CSc2ccccc21)NCC(O)c1cccc(F)c1. The Labute approximate surface area is 148 Å². The highest BCUT2D eigenvalue weighted by Crippen LogP contribution is 2.34. The van der Waals surface area contributed by atoms with E-state index in [1.807, 2.05) is 18.2 Å². The molecule has 0 fully saturated rings. The Bertz CT molecular complexity index is 799. The van der Waals surface area contributed by atoms with Crippen LogP contribution in [0.5, 0.6) is 0 Å². The maximum Gasteiger partial charge on any atom is 0.240 e. The van der Waals surface area contributed by atoms with Gasteiger partial charge in [-0.2, -0.15) is 0 Å². The lowest BCUT2D eigenvalue weighted by Gasteiger charge is -2.28. The summed E-state index contributed by atoms with van der Waals surface area (Å²) in [6.07, 6.45) is -1.01. The van der Waals surface area contributed by atoms with Crippen molar-refractivity contribution in [2.24, 2.45) is 0 Å². The van der Waals surface area contributed by atoms with Gasteiger partial charge in [0.05, 0.1) is 17.5 Å². The number of carbonyl (C=O) groups is 2. The van der Waals surface area contributed by atoms with E-state index < -0.39 is 11.9 Å². The van der Waals surface area contributed by atoms with E-state index >= 15 is 0 Å². The van der Waals surface area contributed by atoms with Crippen LogP contribution in [0.1, 0.15) is 11.7 Å². The lowest BCUT2D eigenvalue weighted by atomic mass is 10.1. The van der Waals surface area contributed by atoms with Gasteiger partial charge >= 0.3 is 0 Å². The molecule has 0 saturated carbocycles. The fourth-order valence-electron chi connectivity index (χ4n) is 2.57. The molecule has 0 spiro atoms. The number of para-hydroxylation sites is 1. The Kier molecular flexibility index (Phi) is 5.35. The molecule has 1 aliphatic rings. The van der Waals surface area contributed by atoms with E-state index in [1.165, 1.54) is 34.9 Å². The molecule has 1 aliphatic heterocycles. The second-order valence-corrected chi connectivity index (χ2v) is 6.63. The van der Waals surface area contributed by atoms with Crippen LogP contribution >= 0.6 is 11.8 Å². The zero-order valence-corrected chi connectivity index (χ0v) is 14.1. The van der Waals surface area contributed by atoms with Crippen molar-refractivity contribution in [2.75, 3.05) is 23.7 Å². The minimum atomic E-state index is -1.01. The minimum Gasteiger partial charge on any atom is -0.387 e. The van der Waals surface area contributed by atoms with Crippen LogP contribution in [0.15, 0.2) is 53.4 Å². The largest absolute Gasteiger partial charge is 0.387 e. The summed E-state index contributed by atoms with van der Waals surface area (Å²) in [5, 5.41) is 12.6. The highest BCUT2D eigenvalue weighted by molar-refractivity contribution is 8.00. The van der Waals surface area contributed by atoms with E-state index in [-0.39, 0.29) is 30.7 Å². The number of rotatable bonds is 5. The molecule has 2 aromatic rings. The second kappa shape index (κ2) is 7.67. The van der Waals surface area contributed by atoms with Crippen LogP contribution in [-0.2, 0) is 9.59 Å². The third kappa shape index (κ3) is 4.18. The Hall–Kier alpha value is -2.38. The number of nitrogens with zero attached hydrogens (tertiary/aromatic N) is 1. The van der Waals surface area contributed by atoms with Gasteiger partial charge in [0, 0.05) is 11.4 Å². The number of nitrogens with one attached hydrogen (secondary N) is 1. The van der Waals surface area contributed by atoms with E-state index in [2.05, 4.69) is 5.32 Å². The molecule has 0 bridgehead atoms. The molecule has 5 nitrogen and oxygen atoms in total. The number of fused-ring (bicyclic) bond motifs is 1. The van der Waals surface area contributed by atoms with Gasteiger partial charge in [0.25, 0.3) is 0 Å². The predicted molar refractivity (Wildman–Crippen MR) is 93.9 cm³/mol. The van der Waals surface area contributed by atoms with Gasteiger partial charge in [0.15, 0.2) is 0 Å². The molecule has 1 unspecified atom stereocenters. The van der Waals surface area contributed by atoms with Crippen molar-refractivity contribution in [2.45, 2.75) is 11.0 Å². The number of hydrogen-bond donors (Lipinski definition) is 2. The van der Waals surface area contributed by atoms with E-state index in [9.17, 15) is 19.1 Å². The maximum atomic E-state index is 13.2. The molecule has 0 radical (unpaired) electrons. The molecule has 2 amide bonds. The number of halogens is 1. The highest BCUT2D eigenvalue weighted by Gasteiger charge is 2.26. The first-order valence-electron chi connectivity index (χ1n) is 7.77. The maximum absolute atomic E-state index is 13.2. The number of amides is 2. The summed E-state index contributed by atoms with van der Waals surface area (Å²) in [4.78, 5) is 26.7. The van der Waals surface area contributed by atoms with Crippen molar-refractivity contribution in [1.82, 2.24) is 5.32 Å². The van der Waals surface area contributed by atoms with E-state index in [1.54, 1.807) is 12.1 Å². The molecular weight excluding hydrogens is 343 g/mol. The summed E-state index contributed by atoms with van der Waals surface area (Å²) < 4.78 is 13.2. The van der Waals surface area contributed by atoms with Crippen LogP contribution in [0.2, 0.25) is 0 Å². The Morgan fingerprint density at radius 2 is 2.08 bits per heavy atom. The third-order valence-corrected chi connectivity index (χ3v) is 4.88. The second-order valence-electron chi connectivity index (χ2n) is 5.61. The van der Waals surface area contributed by atoms with Crippen molar-refractivity contribution in [3.63, 3.8) is 0 Å². The molecule has 0 saturated heterocycles. The first-order chi connectivity index (χ1) is 12.0. The molecule has 3 rings (SSSR count). The van der Waals surface area contributed by atoms with Crippen molar-refractivity contribution in [3.05, 3.63) is 59.9 Å². The topological polar surface area (TPSA) is 69.6 Å². The average Bonchev–Trinajstić information content (AvgIpc) is 2.62. The number of anilines is 1. The normalized spacial score (nSPS) is 14.8. The zero-order chi connectivity index (χ0) is 17.8. The van der Waals surface area contributed by atoms with Gasteiger partial charge in [-0.1, -0.05) is 24.3 Å². The molecule has 7 heteroatoms. The quantitative estimate of drug-likeness (QED) is 0.857. The number of aliphatic hydroxyl groups is 1. The summed E-state index contributed by atoms with van der Waals surface area (Å²) in [5.41, 5.74) is 1.10. The molecular formula is C18H17FN2O3S. The number of hydrogen-bond acceptors (Lipinski definition) is 4. The molecule has 2 N–H and O–H groups in total. The van der Waals surface area contributed by atoms with Gasteiger partial charge in [-0.15, -0.1) is 11.8 Å². The lowest BCUT2D eigenvalue weighted by Crippen LogP contribution is -2.44. The van der Waals surface area contributed by atoms with Crippen LogP contribution in [0.25, 0.3) is 0 Å². The van der Waals surface area contributed by atoms with Crippen molar-refractivity contribution < 1.29 is 19.1 Å². The van der Waals surface area contributed by atoms with Gasteiger partial charge in [-0.05, 0) is 29.8 Å². The van der Waals surface area contributed by atoms with Gasteiger partial charge in [0.2, 0.25) is 11.8 Å². The number of aliphatic hydroxyl groups excluding tert-OH is 1. The standard InChI is InChI=1S/C18H17FN2O3S/c19-13-5-3-4-12(8-13)15(22)9-20-17(23)10-21-14-6-1-2-7-16(14)25-11-18(21)24/h1-8,15,22H,9-11H2,(H,20,23). The summed E-state index contributed by atoms with van der Waals surface area (Å²) in [7, 11) is 0. The predicted octanol–water partition coefficient (Wildman–Crippen LogP) is 2.11. The number of thioether (sulfide) groups is 1. The summed E-state index contributed by atoms with van der Waals surface area (Å²) in [5.74, 6) is -0.679. The summed E-state index contributed by atoms with van der Waals surface area (Å²) >= 11 is 1.45.